The summed E-state index contributed by atoms with van der Waals surface area (Å²) in [5, 5.41) is 3.03. The summed E-state index contributed by atoms with van der Waals surface area (Å²) in [7, 11) is 0. The number of amides is 3. The first-order chi connectivity index (χ1) is 18.6. The highest BCUT2D eigenvalue weighted by Gasteiger charge is 2.37. The summed E-state index contributed by atoms with van der Waals surface area (Å²) in [6.45, 7) is 2.69. The predicted molar refractivity (Wildman–Crippen MR) is 135 cm³/mol. The lowest BCUT2D eigenvalue weighted by Gasteiger charge is -2.38. The van der Waals surface area contributed by atoms with Gasteiger partial charge in [-0.15, -0.1) is 0 Å². The van der Waals surface area contributed by atoms with Crippen LogP contribution < -0.4 is 24.3 Å². The van der Waals surface area contributed by atoms with Crippen molar-refractivity contribution in [1.82, 2.24) is 15.1 Å². The Kier molecular flexibility index (Phi) is 6.70. The van der Waals surface area contributed by atoms with E-state index in [9.17, 15) is 14.4 Å². The fourth-order valence-corrected chi connectivity index (χ4v) is 5.60. The van der Waals surface area contributed by atoms with E-state index >= 15 is 0 Å². The van der Waals surface area contributed by atoms with Crippen LogP contribution in [0.2, 0.25) is 0 Å². The van der Waals surface area contributed by atoms with Crippen molar-refractivity contribution in [1.29, 1.82) is 0 Å². The molecule has 10 heteroatoms. The van der Waals surface area contributed by atoms with Crippen molar-refractivity contribution in [2.75, 3.05) is 39.8 Å². The molecule has 4 aliphatic heterocycles. The maximum atomic E-state index is 13.7. The van der Waals surface area contributed by atoms with E-state index in [1.165, 1.54) is 0 Å². The van der Waals surface area contributed by atoms with E-state index in [1.807, 2.05) is 4.90 Å². The van der Waals surface area contributed by atoms with Gasteiger partial charge in [-0.1, -0.05) is 0 Å². The second-order valence-corrected chi connectivity index (χ2v) is 10.1. The lowest BCUT2D eigenvalue weighted by molar-refractivity contribution is -0.136. The average Bonchev–Trinajstić information content (AvgIpc) is 3.64. The van der Waals surface area contributed by atoms with Gasteiger partial charge in [0.25, 0.3) is 11.8 Å². The van der Waals surface area contributed by atoms with Gasteiger partial charge in [0.2, 0.25) is 19.5 Å². The number of benzene rings is 2. The average molecular weight is 522 g/mol. The molecule has 38 heavy (non-hydrogen) atoms. The van der Waals surface area contributed by atoms with E-state index in [0.29, 0.717) is 73.1 Å². The predicted octanol–water partition coefficient (Wildman–Crippen LogP) is 2.81. The van der Waals surface area contributed by atoms with Crippen molar-refractivity contribution in [3.05, 3.63) is 47.5 Å². The van der Waals surface area contributed by atoms with Gasteiger partial charge in [0, 0.05) is 37.3 Å². The van der Waals surface area contributed by atoms with Gasteiger partial charge in [0.1, 0.15) is 6.04 Å². The first-order valence-corrected chi connectivity index (χ1v) is 13.2. The van der Waals surface area contributed by atoms with Crippen molar-refractivity contribution in [2.45, 2.75) is 38.1 Å². The fourth-order valence-electron chi connectivity index (χ4n) is 5.60. The molecule has 1 N–H and O–H groups in total. The van der Waals surface area contributed by atoms with Crippen LogP contribution >= 0.6 is 0 Å². The molecule has 10 nitrogen and oxygen atoms in total. The molecular weight excluding hydrogens is 490 g/mol. The fraction of sp³-hybridized carbons (Fsp3) is 0.464. The van der Waals surface area contributed by atoms with Crippen LogP contribution in [0, 0.1) is 5.92 Å². The third-order valence-corrected chi connectivity index (χ3v) is 7.77. The first-order valence-electron chi connectivity index (χ1n) is 13.2. The lowest BCUT2D eigenvalue weighted by atomic mass is 9.87. The molecule has 6 rings (SSSR count). The third kappa shape index (κ3) is 4.82. The molecule has 200 valence electrons. The van der Waals surface area contributed by atoms with Gasteiger partial charge in [-0.2, -0.15) is 0 Å². The smallest absolute Gasteiger partial charge is 0.253 e. The maximum Gasteiger partial charge on any atom is 0.253 e. The molecule has 0 bridgehead atoms. The molecule has 0 aliphatic carbocycles. The third-order valence-electron chi connectivity index (χ3n) is 7.77. The number of carbonyl (C=O) groups excluding carboxylic acids is 3. The van der Waals surface area contributed by atoms with E-state index in [2.05, 4.69) is 5.32 Å². The maximum absolute atomic E-state index is 13.7. The SMILES string of the molecule is O=C(N[C@@H](C(=O)N1CCCCC1)C1CCN(C(=O)c2ccc3c(c2)OCO3)CC1)c1ccc2c(c1)OCO2. The highest BCUT2D eigenvalue weighted by atomic mass is 16.7. The van der Waals surface area contributed by atoms with Gasteiger partial charge < -0.3 is 34.1 Å². The molecule has 0 unspecified atom stereocenters. The Hall–Kier alpha value is -3.95. The van der Waals surface area contributed by atoms with Crippen molar-refractivity contribution in [3.8, 4) is 23.0 Å². The number of hydrogen-bond acceptors (Lipinski definition) is 7. The molecule has 2 fully saturated rings. The molecule has 2 aromatic carbocycles. The Bertz CT molecular complexity index is 1230. The summed E-state index contributed by atoms with van der Waals surface area (Å²) < 4.78 is 21.5. The monoisotopic (exact) mass is 521 g/mol. The Morgan fingerprint density at radius 1 is 0.711 bits per heavy atom. The van der Waals surface area contributed by atoms with Gasteiger partial charge in [-0.05, 0) is 74.4 Å². The summed E-state index contributed by atoms with van der Waals surface area (Å²) >= 11 is 0. The topological polar surface area (TPSA) is 107 Å². The normalized spacial score (nSPS) is 19.3. The molecular formula is C28H31N3O7. The minimum Gasteiger partial charge on any atom is -0.454 e. The van der Waals surface area contributed by atoms with Crippen molar-refractivity contribution >= 4 is 17.7 Å². The molecule has 4 aliphatic rings. The number of likely N-dealkylation sites (tertiary alicyclic amines) is 2. The van der Waals surface area contributed by atoms with Crippen LogP contribution in [0.1, 0.15) is 52.8 Å². The highest BCUT2D eigenvalue weighted by Crippen LogP contribution is 2.34. The van der Waals surface area contributed by atoms with Crippen molar-refractivity contribution < 1.29 is 33.3 Å². The lowest BCUT2D eigenvalue weighted by Crippen LogP contribution is -2.55. The minimum atomic E-state index is -0.659. The summed E-state index contributed by atoms with van der Waals surface area (Å²) in [5.74, 6) is 1.81. The summed E-state index contributed by atoms with van der Waals surface area (Å²) in [6, 6.07) is 9.58. The van der Waals surface area contributed by atoms with Gasteiger partial charge in [0.15, 0.2) is 23.0 Å². The second-order valence-electron chi connectivity index (χ2n) is 10.1. The summed E-state index contributed by atoms with van der Waals surface area (Å²) in [6.07, 6.45) is 4.27. The molecule has 0 spiro atoms. The molecule has 4 heterocycles. The largest absolute Gasteiger partial charge is 0.454 e. The van der Waals surface area contributed by atoms with E-state index in [1.54, 1.807) is 41.3 Å². The van der Waals surface area contributed by atoms with Crippen LogP contribution in [0.5, 0.6) is 23.0 Å². The van der Waals surface area contributed by atoms with E-state index < -0.39 is 6.04 Å². The van der Waals surface area contributed by atoms with Gasteiger partial charge in [-0.3, -0.25) is 14.4 Å². The zero-order valence-corrected chi connectivity index (χ0v) is 21.1. The zero-order valence-electron chi connectivity index (χ0n) is 21.1. The van der Waals surface area contributed by atoms with Crippen LogP contribution in [0.4, 0.5) is 0 Å². The number of nitrogens with zero attached hydrogens (tertiary/aromatic N) is 2. The van der Waals surface area contributed by atoms with Crippen molar-refractivity contribution in [2.24, 2.45) is 5.92 Å². The standard InChI is InChI=1S/C28H31N3O7/c32-26(19-4-6-21-23(14-19)37-16-35-21)29-25(28(34)30-10-2-1-3-11-30)18-8-12-31(13-9-18)27(33)20-5-7-22-24(15-20)38-17-36-22/h4-7,14-15,18,25H,1-3,8-13,16-17H2,(H,29,32)/t25-/m1/s1. The number of hydrogen-bond donors (Lipinski definition) is 1. The number of carbonyl (C=O) groups is 3. The highest BCUT2D eigenvalue weighted by molar-refractivity contribution is 5.98. The van der Waals surface area contributed by atoms with Crippen LogP contribution in [-0.2, 0) is 4.79 Å². The molecule has 1 atom stereocenters. The van der Waals surface area contributed by atoms with E-state index in [4.69, 9.17) is 18.9 Å². The van der Waals surface area contributed by atoms with Crippen LogP contribution in [0.15, 0.2) is 36.4 Å². The Balaban J connectivity index is 1.15. The zero-order chi connectivity index (χ0) is 26.1. The van der Waals surface area contributed by atoms with Crippen LogP contribution in [0.25, 0.3) is 0 Å². The Morgan fingerprint density at radius 3 is 1.95 bits per heavy atom. The van der Waals surface area contributed by atoms with Crippen molar-refractivity contribution in [3.63, 3.8) is 0 Å². The molecule has 0 aromatic heterocycles. The van der Waals surface area contributed by atoms with E-state index in [-0.39, 0.29) is 37.2 Å². The number of ether oxygens (including phenoxy) is 4. The molecule has 3 amide bonds. The number of fused-ring (bicyclic) bond motifs is 2. The molecule has 0 saturated carbocycles. The van der Waals surface area contributed by atoms with E-state index in [0.717, 1.165) is 19.3 Å². The molecule has 2 saturated heterocycles. The quantitative estimate of drug-likeness (QED) is 0.645. The number of rotatable bonds is 5. The molecule has 2 aromatic rings. The summed E-state index contributed by atoms with van der Waals surface area (Å²) in [4.78, 5) is 43.8. The Labute approximate surface area is 220 Å². The molecule has 0 radical (unpaired) electrons. The first kappa shape index (κ1) is 24.4. The summed E-state index contributed by atoms with van der Waals surface area (Å²) in [5.41, 5.74) is 0.964. The minimum absolute atomic E-state index is 0.0423. The number of nitrogens with one attached hydrogen (secondary N) is 1. The number of piperidine rings is 2. The second kappa shape index (κ2) is 10.4. The van der Waals surface area contributed by atoms with Crippen LogP contribution in [0.3, 0.4) is 0 Å². The van der Waals surface area contributed by atoms with Gasteiger partial charge in [-0.25, -0.2) is 0 Å². The van der Waals surface area contributed by atoms with Crippen LogP contribution in [-0.4, -0.2) is 73.3 Å². The van der Waals surface area contributed by atoms with Gasteiger partial charge in [0.05, 0.1) is 0 Å². The van der Waals surface area contributed by atoms with Gasteiger partial charge >= 0.3 is 0 Å². The Morgan fingerprint density at radius 2 is 1.29 bits per heavy atom.